The molecule has 0 amide bonds. The predicted molar refractivity (Wildman–Crippen MR) is 86.3 cm³/mol. The first-order valence-corrected chi connectivity index (χ1v) is 9.13. The number of carbonyl (C=O) groups is 1. The van der Waals surface area contributed by atoms with Crippen LogP contribution in [0.1, 0.15) is 58.3 Å². The van der Waals surface area contributed by atoms with Gasteiger partial charge in [0.2, 0.25) is 0 Å². The minimum atomic E-state index is -1.30. The number of hydrogen-bond acceptors (Lipinski definition) is 4. The van der Waals surface area contributed by atoms with Gasteiger partial charge in [-0.1, -0.05) is 38.0 Å². The van der Waals surface area contributed by atoms with Crippen LogP contribution in [-0.4, -0.2) is 38.9 Å². The summed E-state index contributed by atoms with van der Waals surface area (Å²) in [5.74, 6) is 5.22. The average Bonchev–Trinajstić information content (AvgIpc) is 2.58. The van der Waals surface area contributed by atoms with Gasteiger partial charge < -0.3 is 15.3 Å². The molecule has 0 aliphatic heterocycles. The van der Waals surface area contributed by atoms with Gasteiger partial charge in [0.1, 0.15) is 11.7 Å². The lowest BCUT2D eigenvalue weighted by atomic mass is 9.49. The van der Waals surface area contributed by atoms with E-state index < -0.39 is 23.7 Å². The molecule has 3 fully saturated rings. The maximum Gasteiger partial charge on any atom is 0.168 e. The lowest BCUT2D eigenvalue weighted by molar-refractivity contribution is -0.199. The summed E-state index contributed by atoms with van der Waals surface area (Å²) in [7, 11) is 0. The fourth-order valence-corrected chi connectivity index (χ4v) is 4.88. The van der Waals surface area contributed by atoms with Crippen LogP contribution in [0.4, 0.5) is 0 Å². The van der Waals surface area contributed by atoms with Gasteiger partial charge in [-0.15, -0.1) is 0 Å². The second-order valence-electron chi connectivity index (χ2n) is 7.59. The first-order valence-electron chi connectivity index (χ1n) is 9.13. The normalized spacial score (nSPS) is 42.2. The largest absolute Gasteiger partial charge is 0.392 e. The van der Waals surface area contributed by atoms with Crippen molar-refractivity contribution in [3.63, 3.8) is 0 Å². The molecule has 0 aromatic heterocycles. The number of carbonyl (C=O) groups excluding carboxylic acids is 1. The highest BCUT2D eigenvalue weighted by atomic mass is 16.3. The zero-order valence-electron chi connectivity index (χ0n) is 13.9. The molecule has 128 valence electrons. The fraction of sp³-hybridized carbons (Fsp3) is 0.842. The molecule has 0 bridgehead atoms. The third kappa shape index (κ3) is 2.84. The maximum atomic E-state index is 12.2. The lowest BCUT2D eigenvalue weighted by Gasteiger charge is -2.56. The van der Waals surface area contributed by atoms with E-state index in [1.165, 1.54) is 6.42 Å². The van der Waals surface area contributed by atoms with Gasteiger partial charge >= 0.3 is 0 Å². The summed E-state index contributed by atoms with van der Waals surface area (Å²) >= 11 is 0. The highest BCUT2D eigenvalue weighted by Gasteiger charge is 2.65. The van der Waals surface area contributed by atoms with Crippen molar-refractivity contribution >= 4 is 5.78 Å². The summed E-state index contributed by atoms with van der Waals surface area (Å²) in [5.41, 5.74) is -1.30. The summed E-state index contributed by atoms with van der Waals surface area (Å²) in [6.45, 7) is 1.94. The van der Waals surface area contributed by atoms with Gasteiger partial charge in [-0.2, -0.15) is 0 Å². The molecule has 6 atom stereocenters. The molecular formula is C19H28O4. The molecule has 23 heavy (non-hydrogen) atoms. The van der Waals surface area contributed by atoms with Crippen LogP contribution in [0.3, 0.4) is 0 Å². The first-order chi connectivity index (χ1) is 11.0. The Morgan fingerprint density at radius 3 is 2.61 bits per heavy atom. The molecule has 0 radical (unpaired) electrons. The van der Waals surface area contributed by atoms with E-state index in [-0.39, 0.29) is 23.5 Å². The molecule has 3 N–H and O–H groups in total. The van der Waals surface area contributed by atoms with Crippen LogP contribution in [0.25, 0.3) is 0 Å². The highest BCUT2D eigenvalue weighted by molar-refractivity contribution is 5.96. The van der Waals surface area contributed by atoms with Gasteiger partial charge in [-0.05, 0) is 38.0 Å². The van der Waals surface area contributed by atoms with Crippen molar-refractivity contribution in [2.75, 3.05) is 0 Å². The molecular weight excluding hydrogens is 292 g/mol. The van der Waals surface area contributed by atoms with Crippen molar-refractivity contribution in [1.29, 1.82) is 0 Å². The van der Waals surface area contributed by atoms with Gasteiger partial charge in [0.25, 0.3) is 0 Å². The minimum absolute atomic E-state index is 0.0865. The number of rotatable bonds is 2. The van der Waals surface area contributed by atoms with Crippen molar-refractivity contribution in [3.05, 3.63) is 0 Å². The van der Waals surface area contributed by atoms with Gasteiger partial charge in [0.05, 0.1) is 12.0 Å². The molecule has 3 aliphatic carbocycles. The Bertz CT molecular complexity index is 513. The summed E-state index contributed by atoms with van der Waals surface area (Å²) in [4.78, 5) is 12.2. The first kappa shape index (κ1) is 17.0. The Kier molecular flexibility index (Phi) is 4.83. The van der Waals surface area contributed by atoms with Crippen molar-refractivity contribution in [1.82, 2.24) is 0 Å². The molecule has 4 nitrogen and oxygen atoms in total. The highest BCUT2D eigenvalue weighted by Crippen LogP contribution is 2.53. The number of aliphatic hydroxyl groups excluding tert-OH is 2. The smallest absolute Gasteiger partial charge is 0.168 e. The average molecular weight is 320 g/mol. The summed E-state index contributed by atoms with van der Waals surface area (Å²) in [6.07, 6.45) is 5.65. The SMILES string of the molecule is CCC1C(=O)[C@]2(O)CC[C@H](O)[C@@H](C#C[C@@H](O)C3CCCCC3)[C@H]12. The predicted octanol–water partition coefficient (Wildman–Crippen LogP) is 1.66. The van der Waals surface area contributed by atoms with E-state index in [2.05, 4.69) is 11.8 Å². The van der Waals surface area contributed by atoms with Crippen molar-refractivity contribution in [2.24, 2.45) is 23.7 Å². The standard InChI is InChI=1S/C19H28O4/c1-2-13-17-14(16(21)10-11-19(17,23)18(13)22)8-9-15(20)12-6-4-3-5-7-12/h12-17,20-21,23H,2-7,10-11H2,1H3/t13?,14-,15-,16+,17+,19+/m1/s1. The zero-order chi connectivity index (χ0) is 16.6. The Hall–Kier alpha value is -0.890. The monoisotopic (exact) mass is 320 g/mol. The van der Waals surface area contributed by atoms with Gasteiger partial charge in [0.15, 0.2) is 5.78 Å². The van der Waals surface area contributed by atoms with Crippen molar-refractivity contribution in [2.45, 2.75) is 76.1 Å². The van der Waals surface area contributed by atoms with E-state index >= 15 is 0 Å². The van der Waals surface area contributed by atoms with Crippen molar-refractivity contribution in [3.8, 4) is 11.8 Å². The number of Topliss-reactive ketones (excluding diaryl/α,β-unsaturated/α-hetero) is 1. The molecule has 0 aromatic rings. The van der Waals surface area contributed by atoms with Crippen LogP contribution in [0.2, 0.25) is 0 Å². The Morgan fingerprint density at radius 1 is 1.26 bits per heavy atom. The molecule has 3 rings (SSSR count). The fourth-order valence-electron chi connectivity index (χ4n) is 4.88. The zero-order valence-corrected chi connectivity index (χ0v) is 13.9. The van der Waals surface area contributed by atoms with Crippen LogP contribution < -0.4 is 0 Å². The Labute approximate surface area is 138 Å². The molecule has 0 heterocycles. The third-order valence-corrected chi connectivity index (χ3v) is 6.31. The van der Waals surface area contributed by atoms with E-state index in [0.717, 1.165) is 25.7 Å². The minimum Gasteiger partial charge on any atom is -0.392 e. The second-order valence-corrected chi connectivity index (χ2v) is 7.59. The van der Waals surface area contributed by atoms with Crippen LogP contribution in [0.15, 0.2) is 0 Å². The van der Waals surface area contributed by atoms with E-state index in [0.29, 0.717) is 19.3 Å². The maximum absolute atomic E-state index is 12.2. The number of hydrogen-bond donors (Lipinski definition) is 3. The Balaban J connectivity index is 1.75. The van der Waals surface area contributed by atoms with Crippen molar-refractivity contribution < 1.29 is 20.1 Å². The third-order valence-electron chi connectivity index (χ3n) is 6.31. The second kappa shape index (κ2) is 6.55. The van der Waals surface area contributed by atoms with Gasteiger partial charge in [0, 0.05) is 11.8 Å². The van der Waals surface area contributed by atoms with Crippen LogP contribution >= 0.6 is 0 Å². The van der Waals surface area contributed by atoms with Gasteiger partial charge in [-0.3, -0.25) is 4.79 Å². The number of ketones is 1. The molecule has 1 unspecified atom stereocenters. The molecule has 0 aromatic carbocycles. The molecule has 3 aliphatic rings. The summed E-state index contributed by atoms with van der Waals surface area (Å²) in [5, 5.41) is 31.2. The number of aliphatic hydroxyl groups is 3. The van der Waals surface area contributed by atoms with E-state index in [9.17, 15) is 20.1 Å². The quantitative estimate of drug-likeness (QED) is 0.676. The van der Waals surface area contributed by atoms with Crippen LogP contribution in [0, 0.1) is 35.5 Å². The van der Waals surface area contributed by atoms with Gasteiger partial charge in [-0.25, -0.2) is 0 Å². The van der Waals surface area contributed by atoms with E-state index in [4.69, 9.17) is 0 Å². The summed E-state index contributed by atoms with van der Waals surface area (Å²) in [6, 6.07) is 0. The Morgan fingerprint density at radius 2 is 1.96 bits per heavy atom. The van der Waals surface area contributed by atoms with Crippen LogP contribution in [-0.2, 0) is 4.79 Å². The summed E-state index contributed by atoms with van der Waals surface area (Å²) < 4.78 is 0. The molecule has 0 spiro atoms. The molecule has 0 saturated heterocycles. The molecule has 4 heteroatoms. The van der Waals surface area contributed by atoms with E-state index in [1.54, 1.807) is 0 Å². The topological polar surface area (TPSA) is 77.8 Å². The molecule has 3 saturated carbocycles. The number of fused-ring (bicyclic) bond motifs is 1. The van der Waals surface area contributed by atoms with Crippen LogP contribution in [0.5, 0.6) is 0 Å². The lowest BCUT2D eigenvalue weighted by Crippen LogP contribution is -2.69. The van der Waals surface area contributed by atoms with E-state index in [1.807, 2.05) is 6.92 Å².